The molecule has 0 bridgehead atoms. The molecule has 4 aromatic heterocycles. The van der Waals surface area contributed by atoms with Gasteiger partial charge in [-0.2, -0.15) is 0 Å². The lowest BCUT2D eigenvalue weighted by Crippen LogP contribution is -1.95. The van der Waals surface area contributed by atoms with Gasteiger partial charge in [0, 0.05) is 64.1 Å². The van der Waals surface area contributed by atoms with Crippen molar-refractivity contribution in [3.8, 4) is 50.5 Å². The molecule has 4 heteroatoms. The fourth-order valence-electron chi connectivity index (χ4n) is 8.75. The smallest absolute Gasteiger partial charge is 0.143 e. The Kier molecular flexibility index (Phi) is 7.10. The molecule has 0 radical (unpaired) electrons. The topological polar surface area (TPSA) is 31.0 Å². The molecule has 12 rings (SSSR count). The number of hydrogen-bond donors (Lipinski definition) is 0. The van der Waals surface area contributed by atoms with Crippen LogP contribution in [0.1, 0.15) is 0 Å². The van der Waals surface area contributed by atoms with Crippen molar-refractivity contribution in [3.05, 3.63) is 194 Å². The molecule has 0 amide bonds. The van der Waals surface area contributed by atoms with Crippen molar-refractivity contribution in [1.29, 1.82) is 0 Å². The second kappa shape index (κ2) is 12.6. The SMILES string of the molecule is c1ccc(-c2ccc(-c3cc(-c4cccc5c4oc4ccccc45)cc(-c4ccc(-n5c6ccccc6c6c7c(ccc65)sc5ccccc57)cc4)n3)cc2)cc1. The largest absolute Gasteiger partial charge is 0.455 e. The summed E-state index contributed by atoms with van der Waals surface area (Å²) < 4.78 is 11.6. The van der Waals surface area contributed by atoms with Gasteiger partial charge in [0.2, 0.25) is 0 Å². The zero-order chi connectivity index (χ0) is 37.5. The summed E-state index contributed by atoms with van der Waals surface area (Å²) in [5.74, 6) is 0. The summed E-state index contributed by atoms with van der Waals surface area (Å²) in [6.07, 6.45) is 0. The zero-order valence-corrected chi connectivity index (χ0v) is 31.5. The number of furan rings is 1. The molecule has 0 unspecified atom stereocenters. The molecule has 0 fully saturated rings. The minimum absolute atomic E-state index is 0.885. The Morgan fingerprint density at radius 2 is 1.04 bits per heavy atom. The Balaban J connectivity index is 1.02. The van der Waals surface area contributed by atoms with Crippen molar-refractivity contribution in [2.75, 3.05) is 0 Å². The maximum atomic E-state index is 6.54. The van der Waals surface area contributed by atoms with Crippen LogP contribution in [0.4, 0.5) is 0 Å². The Morgan fingerprint density at radius 3 is 1.84 bits per heavy atom. The molecule has 0 aliphatic carbocycles. The van der Waals surface area contributed by atoms with Crippen LogP contribution in [-0.2, 0) is 0 Å². The third-order valence-electron chi connectivity index (χ3n) is 11.4. The molecule has 0 aliphatic rings. The molecule has 266 valence electrons. The number of benzene rings is 8. The number of nitrogens with zero attached hydrogens (tertiary/aromatic N) is 2. The maximum Gasteiger partial charge on any atom is 0.143 e. The number of fused-ring (bicyclic) bond motifs is 10. The summed E-state index contributed by atoms with van der Waals surface area (Å²) in [5, 5.41) is 7.46. The van der Waals surface area contributed by atoms with Crippen molar-refractivity contribution in [1.82, 2.24) is 9.55 Å². The third-order valence-corrected chi connectivity index (χ3v) is 12.6. The van der Waals surface area contributed by atoms with E-state index in [1.54, 1.807) is 0 Å². The summed E-state index contributed by atoms with van der Waals surface area (Å²) in [7, 11) is 0. The van der Waals surface area contributed by atoms with Gasteiger partial charge in [-0.05, 0) is 71.3 Å². The molecule has 0 N–H and O–H groups in total. The highest BCUT2D eigenvalue weighted by atomic mass is 32.1. The molecule has 0 aliphatic heterocycles. The summed E-state index contributed by atoms with van der Waals surface area (Å²) in [6.45, 7) is 0. The molecule has 0 saturated carbocycles. The highest BCUT2D eigenvalue weighted by Crippen LogP contribution is 2.44. The van der Waals surface area contributed by atoms with Crippen molar-refractivity contribution in [2.24, 2.45) is 0 Å². The van der Waals surface area contributed by atoms with Gasteiger partial charge in [0.05, 0.1) is 22.4 Å². The van der Waals surface area contributed by atoms with Gasteiger partial charge < -0.3 is 8.98 Å². The summed E-state index contributed by atoms with van der Waals surface area (Å²) in [5.41, 5.74) is 13.7. The van der Waals surface area contributed by atoms with E-state index in [1.165, 1.54) is 53.1 Å². The number of pyridine rings is 1. The molecule has 0 atom stereocenters. The monoisotopic (exact) mass is 744 g/mol. The van der Waals surface area contributed by atoms with E-state index in [4.69, 9.17) is 9.40 Å². The highest BCUT2D eigenvalue weighted by molar-refractivity contribution is 7.26. The first kappa shape index (κ1) is 32.0. The summed E-state index contributed by atoms with van der Waals surface area (Å²) in [6, 6.07) is 69.4. The van der Waals surface area contributed by atoms with E-state index in [2.05, 4.69) is 187 Å². The maximum absolute atomic E-state index is 6.54. The van der Waals surface area contributed by atoms with Crippen LogP contribution in [0.2, 0.25) is 0 Å². The number of aromatic nitrogens is 2. The lowest BCUT2D eigenvalue weighted by Gasteiger charge is -2.13. The van der Waals surface area contributed by atoms with Gasteiger partial charge in [0.15, 0.2) is 0 Å². The molecule has 3 nitrogen and oxygen atoms in total. The average molecular weight is 745 g/mol. The predicted molar refractivity (Wildman–Crippen MR) is 240 cm³/mol. The van der Waals surface area contributed by atoms with Crippen LogP contribution in [0.15, 0.2) is 199 Å². The van der Waals surface area contributed by atoms with Crippen molar-refractivity contribution < 1.29 is 4.42 Å². The van der Waals surface area contributed by atoms with Crippen molar-refractivity contribution in [2.45, 2.75) is 0 Å². The number of rotatable bonds is 5. The van der Waals surface area contributed by atoms with E-state index in [-0.39, 0.29) is 0 Å². The summed E-state index contributed by atoms with van der Waals surface area (Å²) >= 11 is 1.87. The highest BCUT2D eigenvalue weighted by Gasteiger charge is 2.19. The normalized spacial score (nSPS) is 11.9. The van der Waals surface area contributed by atoms with Gasteiger partial charge in [0.25, 0.3) is 0 Å². The lowest BCUT2D eigenvalue weighted by molar-refractivity contribution is 0.670. The molecule has 57 heavy (non-hydrogen) atoms. The molecule has 0 saturated heterocycles. The standard InChI is InChI=1S/C53H32N2OS/c1-2-11-33(12-3-1)34-21-23-35(24-22-34)44-31-37(39-16-10-17-41-40-13-5-8-19-48(40)56-53(39)41)32-45(54-44)36-25-27-38(28-26-36)55-46-18-7-4-14-42(46)51-47(55)29-30-50-52(51)43-15-6-9-20-49(43)57-50/h1-32H. The van der Waals surface area contributed by atoms with Gasteiger partial charge in [-0.15, -0.1) is 11.3 Å². The van der Waals surface area contributed by atoms with E-state index < -0.39 is 0 Å². The average Bonchev–Trinajstić information content (AvgIpc) is 3.96. The van der Waals surface area contributed by atoms with Crippen LogP contribution >= 0.6 is 11.3 Å². The van der Waals surface area contributed by atoms with Gasteiger partial charge in [-0.25, -0.2) is 4.98 Å². The molecule has 12 aromatic rings. The van der Waals surface area contributed by atoms with E-state index >= 15 is 0 Å². The van der Waals surface area contributed by atoms with Crippen LogP contribution in [-0.4, -0.2) is 9.55 Å². The molecular weight excluding hydrogens is 713 g/mol. The fourth-order valence-corrected chi connectivity index (χ4v) is 9.87. The van der Waals surface area contributed by atoms with Crippen LogP contribution in [0.25, 0.3) is 114 Å². The van der Waals surface area contributed by atoms with Crippen LogP contribution in [0.5, 0.6) is 0 Å². The Hall–Kier alpha value is -7.27. The van der Waals surface area contributed by atoms with Gasteiger partial charge in [-0.1, -0.05) is 140 Å². The number of hydrogen-bond acceptors (Lipinski definition) is 3. The fraction of sp³-hybridized carbons (Fsp3) is 0. The molecular formula is C53H32N2OS. The molecule has 0 spiro atoms. The minimum atomic E-state index is 0.885. The van der Waals surface area contributed by atoms with Gasteiger partial charge in [0.1, 0.15) is 11.2 Å². The van der Waals surface area contributed by atoms with Crippen molar-refractivity contribution in [3.63, 3.8) is 0 Å². The third kappa shape index (κ3) is 5.08. The van der Waals surface area contributed by atoms with E-state index in [0.717, 1.165) is 61.3 Å². The first-order valence-electron chi connectivity index (χ1n) is 19.3. The zero-order valence-electron chi connectivity index (χ0n) is 30.7. The van der Waals surface area contributed by atoms with Crippen LogP contribution < -0.4 is 0 Å². The van der Waals surface area contributed by atoms with E-state index in [0.29, 0.717) is 0 Å². The van der Waals surface area contributed by atoms with Crippen molar-refractivity contribution >= 4 is 75.3 Å². The lowest BCUT2D eigenvalue weighted by atomic mass is 9.97. The molecule has 8 aromatic carbocycles. The Labute approximate surface area is 332 Å². The Bertz CT molecular complexity index is 3500. The van der Waals surface area contributed by atoms with E-state index in [1.807, 2.05) is 23.5 Å². The van der Waals surface area contributed by atoms with Gasteiger partial charge in [-0.3, -0.25) is 0 Å². The quantitative estimate of drug-likeness (QED) is 0.176. The van der Waals surface area contributed by atoms with Gasteiger partial charge >= 0.3 is 0 Å². The Morgan fingerprint density at radius 1 is 0.404 bits per heavy atom. The first-order valence-corrected chi connectivity index (χ1v) is 20.1. The van der Waals surface area contributed by atoms with E-state index in [9.17, 15) is 0 Å². The first-order chi connectivity index (χ1) is 28.2. The van der Waals surface area contributed by atoms with Crippen LogP contribution in [0.3, 0.4) is 0 Å². The summed E-state index contributed by atoms with van der Waals surface area (Å²) in [4.78, 5) is 5.34. The number of para-hydroxylation sites is 3. The second-order valence-electron chi connectivity index (χ2n) is 14.7. The molecule has 4 heterocycles. The number of thiophene rings is 1. The predicted octanol–water partition coefficient (Wildman–Crippen LogP) is 15.1. The van der Waals surface area contributed by atoms with Crippen LogP contribution in [0, 0.1) is 0 Å². The second-order valence-corrected chi connectivity index (χ2v) is 15.8. The minimum Gasteiger partial charge on any atom is -0.455 e.